The molecule has 7 heteroatoms. The van der Waals surface area contributed by atoms with Crippen molar-refractivity contribution in [2.24, 2.45) is 0 Å². The van der Waals surface area contributed by atoms with E-state index in [1.54, 1.807) is 13.1 Å². The monoisotopic (exact) mass is 336 g/mol. The normalized spacial score (nSPS) is 15.9. The first-order valence-corrected chi connectivity index (χ1v) is 7.86. The average molecular weight is 337 g/mol. The number of sulfonamides is 1. The van der Waals surface area contributed by atoms with Crippen LogP contribution in [0.4, 0.5) is 4.39 Å². The van der Waals surface area contributed by atoms with E-state index in [0.717, 1.165) is 12.8 Å². The highest BCUT2D eigenvalue weighted by Crippen LogP contribution is 2.27. The van der Waals surface area contributed by atoms with Gasteiger partial charge in [0, 0.05) is 22.6 Å². The van der Waals surface area contributed by atoms with E-state index in [0.29, 0.717) is 10.0 Å². The Morgan fingerprint density at radius 1 is 1.44 bits per heavy atom. The Balaban J connectivity index is 2.42. The molecule has 0 spiro atoms. The Morgan fingerprint density at radius 2 is 2.11 bits per heavy atom. The van der Waals surface area contributed by atoms with Gasteiger partial charge in [0.15, 0.2) is 0 Å². The van der Waals surface area contributed by atoms with Gasteiger partial charge in [0.05, 0.1) is 0 Å². The molecule has 0 bridgehead atoms. The highest BCUT2D eigenvalue weighted by Gasteiger charge is 2.30. The molecule has 2 rings (SSSR count). The van der Waals surface area contributed by atoms with Gasteiger partial charge >= 0.3 is 0 Å². The molecule has 1 aliphatic rings. The van der Waals surface area contributed by atoms with Gasteiger partial charge in [0.25, 0.3) is 0 Å². The van der Waals surface area contributed by atoms with Crippen LogP contribution in [-0.2, 0) is 16.6 Å². The molecule has 0 aromatic heterocycles. The van der Waals surface area contributed by atoms with E-state index < -0.39 is 15.8 Å². The summed E-state index contributed by atoms with van der Waals surface area (Å²) in [5, 5.41) is 2.81. The van der Waals surface area contributed by atoms with Crippen LogP contribution in [0.2, 0.25) is 0 Å². The Bertz CT molecular complexity index is 558. The van der Waals surface area contributed by atoms with E-state index >= 15 is 0 Å². The quantitative estimate of drug-likeness (QED) is 0.861. The third-order valence-corrected chi connectivity index (χ3v) is 4.61. The van der Waals surface area contributed by atoms with E-state index in [2.05, 4.69) is 26.0 Å². The molecule has 4 nitrogen and oxygen atoms in total. The molecule has 1 aromatic rings. The van der Waals surface area contributed by atoms with Gasteiger partial charge in [0.1, 0.15) is 10.7 Å². The molecule has 0 radical (unpaired) electrons. The summed E-state index contributed by atoms with van der Waals surface area (Å²) >= 11 is 3.20. The fraction of sp³-hybridized carbons (Fsp3) is 0.455. The lowest BCUT2D eigenvalue weighted by molar-refractivity contribution is 0.545. The number of nitrogens with one attached hydrogen (secondary N) is 2. The molecule has 100 valence electrons. The largest absolute Gasteiger partial charge is 0.316 e. The van der Waals surface area contributed by atoms with Crippen LogP contribution in [0.3, 0.4) is 0 Å². The van der Waals surface area contributed by atoms with E-state index in [1.807, 2.05) is 0 Å². The second kappa shape index (κ2) is 5.24. The third kappa shape index (κ3) is 3.09. The summed E-state index contributed by atoms with van der Waals surface area (Å²) < 4.78 is 41.2. The van der Waals surface area contributed by atoms with Crippen molar-refractivity contribution in [3.63, 3.8) is 0 Å². The number of benzene rings is 1. The van der Waals surface area contributed by atoms with Crippen LogP contribution in [0.15, 0.2) is 21.5 Å². The van der Waals surface area contributed by atoms with Crippen molar-refractivity contribution >= 4 is 26.0 Å². The van der Waals surface area contributed by atoms with Gasteiger partial charge in [-0.05, 0) is 32.0 Å². The van der Waals surface area contributed by atoms with Crippen molar-refractivity contribution in [1.29, 1.82) is 0 Å². The van der Waals surface area contributed by atoms with Gasteiger partial charge in [-0.3, -0.25) is 0 Å². The third-order valence-electron chi connectivity index (χ3n) is 2.64. The molecule has 1 fully saturated rings. The van der Waals surface area contributed by atoms with E-state index in [1.165, 1.54) is 6.07 Å². The highest BCUT2D eigenvalue weighted by atomic mass is 79.9. The van der Waals surface area contributed by atoms with Crippen molar-refractivity contribution in [2.75, 3.05) is 7.05 Å². The Labute approximate surface area is 114 Å². The molecule has 1 aromatic carbocycles. The van der Waals surface area contributed by atoms with Crippen LogP contribution >= 0.6 is 15.9 Å². The minimum atomic E-state index is -3.77. The van der Waals surface area contributed by atoms with Crippen molar-refractivity contribution in [2.45, 2.75) is 30.3 Å². The van der Waals surface area contributed by atoms with Gasteiger partial charge in [-0.25, -0.2) is 17.5 Å². The fourth-order valence-electron chi connectivity index (χ4n) is 1.62. The molecule has 0 amide bonds. The average Bonchev–Trinajstić information content (AvgIpc) is 3.06. The minimum Gasteiger partial charge on any atom is -0.316 e. The van der Waals surface area contributed by atoms with Crippen LogP contribution in [0.5, 0.6) is 0 Å². The SMILES string of the molecule is CNCc1cc(Br)cc(S(=O)(=O)NC2CC2)c1F. The zero-order valence-corrected chi connectivity index (χ0v) is 12.2. The number of hydrogen-bond acceptors (Lipinski definition) is 3. The molecule has 0 aliphatic heterocycles. The molecule has 0 unspecified atom stereocenters. The Kier molecular flexibility index (Phi) is 4.05. The van der Waals surface area contributed by atoms with E-state index in [4.69, 9.17) is 0 Å². The molecule has 0 saturated heterocycles. The van der Waals surface area contributed by atoms with E-state index in [-0.39, 0.29) is 17.5 Å². The first kappa shape index (κ1) is 13.9. The topological polar surface area (TPSA) is 58.2 Å². The molecule has 18 heavy (non-hydrogen) atoms. The summed E-state index contributed by atoms with van der Waals surface area (Å²) in [5.41, 5.74) is 0.322. The molecular formula is C11H14BrFN2O2S. The molecule has 1 aliphatic carbocycles. The van der Waals surface area contributed by atoms with Crippen LogP contribution in [0.25, 0.3) is 0 Å². The lowest BCUT2D eigenvalue weighted by Crippen LogP contribution is -2.27. The molecular weight excluding hydrogens is 323 g/mol. The molecule has 0 atom stereocenters. The standard InChI is InChI=1S/C11H14BrFN2O2S/c1-14-6-7-4-8(12)5-10(11(7)13)18(16,17)15-9-2-3-9/h4-5,9,14-15H,2-3,6H2,1H3. The van der Waals surface area contributed by atoms with Crippen molar-refractivity contribution < 1.29 is 12.8 Å². The van der Waals surface area contributed by atoms with Gasteiger partial charge in [-0.1, -0.05) is 15.9 Å². The summed E-state index contributed by atoms with van der Waals surface area (Å²) in [5.74, 6) is -0.694. The predicted molar refractivity (Wildman–Crippen MR) is 70.2 cm³/mol. The summed E-state index contributed by atoms with van der Waals surface area (Å²) in [4.78, 5) is -0.297. The maximum atomic E-state index is 14.1. The van der Waals surface area contributed by atoms with Gasteiger partial charge in [-0.2, -0.15) is 0 Å². The summed E-state index contributed by atoms with van der Waals surface area (Å²) in [6.07, 6.45) is 1.64. The van der Waals surface area contributed by atoms with Gasteiger partial charge in [0.2, 0.25) is 10.0 Å². The zero-order chi connectivity index (χ0) is 13.3. The van der Waals surface area contributed by atoms with Crippen LogP contribution in [-0.4, -0.2) is 21.5 Å². The van der Waals surface area contributed by atoms with Crippen LogP contribution in [0, 0.1) is 5.82 Å². The Morgan fingerprint density at radius 3 is 2.67 bits per heavy atom. The number of halogens is 2. The van der Waals surface area contributed by atoms with Crippen molar-refractivity contribution in [3.8, 4) is 0 Å². The second-order valence-electron chi connectivity index (χ2n) is 4.30. The lowest BCUT2D eigenvalue weighted by Gasteiger charge is -2.11. The van der Waals surface area contributed by atoms with Gasteiger partial charge < -0.3 is 5.32 Å². The molecule has 0 heterocycles. The van der Waals surface area contributed by atoms with Crippen molar-refractivity contribution in [3.05, 3.63) is 28.0 Å². The highest BCUT2D eigenvalue weighted by molar-refractivity contribution is 9.10. The summed E-state index contributed by atoms with van der Waals surface area (Å²) in [7, 11) is -2.10. The number of hydrogen-bond donors (Lipinski definition) is 2. The van der Waals surface area contributed by atoms with Gasteiger partial charge in [-0.15, -0.1) is 0 Å². The smallest absolute Gasteiger partial charge is 0.243 e. The fourth-order valence-corrected chi connectivity index (χ4v) is 3.72. The maximum Gasteiger partial charge on any atom is 0.243 e. The molecule has 2 N–H and O–H groups in total. The predicted octanol–water partition coefficient (Wildman–Crippen LogP) is 1.75. The van der Waals surface area contributed by atoms with Crippen LogP contribution < -0.4 is 10.0 Å². The minimum absolute atomic E-state index is 0.0406. The maximum absolute atomic E-state index is 14.1. The number of rotatable bonds is 5. The van der Waals surface area contributed by atoms with Crippen molar-refractivity contribution in [1.82, 2.24) is 10.0 Å². The zero-order valence-electron chi connectivity index (χ0n) is 9.83. The van der Waals surface area contributed by atoms with E-state index in [9.17, 15) is 12.8 Å². The first-order chi connectivity index (χ1) is 8.44. The Hall–Kier alpha value is -0.500. The second-order valence-corrected chi connectivity index (χ2v) is 6.90. The molecule has 1 saturated carbocycles. The summed E-state index contributed by atoms with van der Waals surface area (Å²) in [6.45, 7) is 0.275. The van der Waals surface area contributed by atoms with Crippen LogP contribution in [0.1, 0.15) is 18.4 Å². The first-order valence-electron chi connectivity index (χ1n) is 5.59. The summed E-state index contributed by atoms with van der Waals surface area (Å²) in [6, 6.07) is 2.82. The lowest BCUT2D eigenvalue weighted by atomic mass is 10.2.